The third kappa shape index (κ3) is 4.13. The first-order valence-electron chi connectivity index (χ1n) is 8.49. The van der Waals surface area contributed by atoms with Crippen LogP contribution in [0.25, 0.3) is 0 Å². The van der Waals surface area contributed by atoms with E-state index >= 15 is 0 Å². The number of primary amides is 1. The van der Waals surface area contributed by atoms with Crippen molar-refractivity contribution >= 4 is 29.2 Å². The number of benzene rings is 1. The van der Waals surface area contributed by atoms with Crippen molar-refractivity contribution in [2.24, 2.45) is 17.4 Å². The Bertz CT molecular complexity index is 944. The van der Waals surface area contributed by atoms with Gasteiger partial charge in [-0.05, 0) is 36.8 Å². The second kappa shape index (κ2) is 7.88. The predicted octanol–water partition coefficient (Wildman–Crippen LogP) is 2.60. The fourth-order valence-electron chi connectivity index (χ4n) is 3.26. The van der Waals surface area contributed by atoms with Crippen molar-refractivity contribution in [3.05, 3.63) is 58.6 Å². The van der Waals surface area contributed by atoms with E-state index in [9.17, 15) is 22.8 Å². The number of nitrogens with zero attached hydrogens (tertiary/aromatic N) is 1. The van der Waals surface area contributed by atoms with E-state index in [2.05, 4.69) is 10.3 Å². The second-order valence-corrected chi connectivity index (χ2v) is 7.11. The zero-order valence-electron chi connectivity index (χ0n) is 14.8. The molecule has 0 unspecified atom stereocenters. The van der Waals surface area contributed by atoms with Crippen LogP contribution in [0, 0.1) is 11.7 Å². The van der Waals surface area contributed by atoms with Crippen LogP contribution in [0.1, 0.15) is 22.5 Å². The lowest BCUT2D eigenvalue weighted by atomic mass is 9.84. The lowest BCUT2D eigenvalue weighted by Crippen LogP contribution is -2.56. The van der Waals surface area contributed by atoms with Crippen molar-refractivity contribution in [3.63, 3.8) is 0 Å². The second-order valence-electron chi connectivity index (χ2n) is 6.68. The van der Waals surface area contributed by atoms with E-state index in [0.717, 1.165) is 12.1 Å². The van der Waals surface area contributed by atoms with Gasteiger partial charge in [-0.3, -0.25) is 4.79 Å². The number of pyridine rings is 1. The molecule has 1 saturated carbocycles. The maximum absolute atomic E-state index is 14.6. The van der Waals surface area contributed by atoms with Crippen LogP contribution in [0.5, 0.6) is 0 Å². The molecule has 0 aliphatic heterocycles. The van der Waals surface area contributed by atoms with E-state index in [1.54, 1.807) is 0 Å². The molecule has 11 heteroatoms. The minimum Gasteiger partial charge on any atom is -0.352 e. The first kappa shape index (κ1) is 20.9. The van der Waals surface area contributed by atoms with E-state index in [1.807, 2.05) is 5.32 Å². The van der Waals surface area contributed by atoms with Crippen molar-refractivity contribution in [2.75, 3.05) is 5.32 Å². The maximum Gasteiger partial charge on any atom is 0.313 e. The predicted molar refractivity (Wildman–Crippen MR) is 100 cm³/mol. The van der Waals surface area contributed by atoms with Gasteiger partial charge in [0.2, 0.25) is 0 Å². The van der Waals surface area contributed by atoms with Gasteiger partial charge in [-0.25, -0.2) is 22.9 Å². The molecule has 154 valence electrons. The summed E-state index contributed by atoms with van der Waals surface area (Å²) in [7, 11) is 0. The summed E-state index contributed by atoms with van der Waals surface area (Å²) in [5, 5.41) is 4.76. The Balaban J connectivity index is 1.99. The maximum atomic E-state index is 14.6. The van der Waals surface area contributed by atoms with Gasteiger partial charge in [0.1, 0.15) is 17.1 Å². The number of hydrogen-bond donors (Lipinski definition) is 4. The number of halogens is 4. The number of amides is 3. The molecule has 1 heterocycles. The van der Waals surface area contributed by atoms with Gasteiger partial charge in [0.25, 0.3) is 12.3 Å². The van der Waals surface area contributed by atoms with Crippen LogP contribution in [-0.2, 0) is 5.54 Å². The minimum atomic E-state index is -3.20. The largest absolute Gasteiger partial charge is 0.352 e. The van der Waals surface area contributed by atoms with Gasteiger partial charge in [-0.1, -0.05) is 11.6 Å². The van der Waals surface area contributed by atoms with E-state index in [1.165, 1.54) is 24.4 Å². The first-order valence-corrected chi connectivity index (χ1v) is 8.87. The molecule has 7 nitrogen and oxygen atoms in total. The Morgan fingerprint density at radius 3 is 2.48 bits per heavy atom. The minimum absolute atomic E-state index is 0.0138. The molecule has 1 aromatic carbocycles. The summed E-state index contributed by atoms with van der Waals surface area (Å²) in [4.78, 5) is 27.6. The van der Waals surface area contributed by atoms with Crippen LogP contribution in [0.3, 0.4) is 0 Å². The molecule has 2 aromatic rings. The summed E-state index contributed by atoms with van der Waals surface area (Å²) in [6.45, 7) is 0. The van der Waals surface area contributed by atoms with Gasteiger partial charge in [0, 0.05) is 29.4 Å². The van der Waals surface area contributed by atoms with E-state index in [4.69, 9.17) is 23.1 Å². The molecule has 0 spiro atoms. The highest BCUT2D eigenvalue weighted by Crippen LogP contribution is 2.49. The highest BCUT2D eigenvalue weighted by molar-refractivity contribution is 6.30. The number of aromatic nitrogens is 1. The average Bonchev–Trinajstić information content (AvgIpc) is 3.38. The average molecular weight is 428 g/mol. The van der Waals surface area contributed by atoms with Crippen LogP contribution in [0.4, 0.5) is 23.7 Å². The number of urea groups is 1. The number of nitrogens with one attached hydrogen (secondary N) is 2. The summed E-state index contributed by atoms with van der Waals surface area (Å²) in [6.07, 6.45) is -1.79. The highest BCUT2D eigenvalue weighted by Gasteiger charge is 2.59. The molecule has 0 bridgehead atoms. The van der Waals surface area contributed by atoms with E-state index < -0.39 is 47.2 Å². The topological polar surface area (TPSA) is 123 Å². The van der Waals surface area contributed by atoms with Crippen molar-refractivity contribution in [2.45, 2.75) is 24.4 Å². The van der Waals surface area contributed by atoms with Crippen molar-refractivity contribution in [1.82, 2.24) is 10.3 Å². The Morgan fingerprint density at radius 2 is 1.97 bits per heavy atom. The van der Waals surface area contributed by atoms with Gasteiger partial charge in [-0.15, -0.1) is 0 Å². The van der Waals surface area contributed by atoms with Gasteiger partial charge in [0.05, 0.1) is 5.02 Å². The SMILES string of the molecule is NC(=O)N[C@@](c1cc(NC(=O)c2ccc(Cl)cn2)ccc1F)(C(F)F)[C@H]1C[C@H]1N. The number of alkyl halides is 2. The smallest absolute Gasteiger partial charge is 0.313 e. The zero-order valence-corrected chi connectivity index (χ0v) is 15.6. The molecular weight excluding hydrogens is 411 g/mol. The molecule has 3 rings (SSSR count). The molecule has 1 aliphatic rings. The summed E-state index contributed by atoms with van der Waals surface area (Å²) < 4.78 is 42.9. The lowest BCUT2D eigenvalue weighted by Gasteiger charge is -2.35. The van der Waals surface area contributed by atoms with Crippen LogP contribution >= 0.6 is 11.6 Å². The van der Waals surface area contributed by atoms with Crippen molar-refractivity contribution < 1.29 is 22.8 Å². The van der Waals surface area contributed by atoms with Crippen LogP contribution < -0.4 is 22.1 Å². The number of nitrogens with two attached hydrogens (primary N) is 2. The summed E-state index contributed by atoms with van der Waals surface area (Å²) in [5.41, 5.74) is 7.90. The molecule has 0 radical (unpaired) electrons. The number of carbonyl (C=O) groups excluding carboxylic acids is 2. The molecule has 3 atom stereocenters. The molecule has 6 N–H and O–H groups in total. The van der Waals surface area contributed by atoms with E-state index in [0.29, 0.717) is 5.02 Å². The molecule has 1 aliphatic carbocycles. The van der Waals surface area contributed by atoms with Crippen molar-refractivity contribution in [1.29, 1.82) is 0 Å². The van der Waals surface area contributed by atoms with Crippen LogP contribution in [-0.4, -0.2) is 29.4 Å². The summed E-state index contributed by atoms with van der Waals surface area (Å²) in [5.74, 6) is -2.58. The third-order valence-electron chi connectivity index (χ3n) is 4.73. The van der Waals surface area contributed by atoms with Crippen LogP contribution in [0.15, 0.2) is 36.5 Å². The van der Waals surface area contributed by atoms with Crippen LogP contribution in [0.2, 0.25) is 5.02 Å². The first-order chi connectivity index (χ1) is 13.6. The third-order valence-corrected chi connectivity index (χ3v) is 4.95. The number of hydrogen-bond acceptors (Lipinski definition) is 4. The zero-order chi connectivity index (χ0) is 21.3. The summed E-state index contributed by atoms with van der Waals surface area (Å²) >= 11 is 5.72. The van der Waals surface area contributed by atoms with Gasteiger partial charge < -0.3 is 22.1 Å². The quantitative estimate of drug-likeness (QED) is 0.565. The summed E-state index contributed by atoms with van der Waals surface area (Å²) in [6, 6.07) is 4.04. The molecule has 29 heavy (non-hydrogen) atoms. The normalized spacial score (nSPS) is 20.1. The van der Waals surface area contributed by atoms with Gasteiger partial charge in [0.15, 0.2) is 0 Å². The van der Waals surface area contributed by atoms with E-state index in [-0.39, 0.29) is 17.8 Å². The Morgan fingerprint density at radius 1 is 1.28 bits per heavy atom. The molecule has 1 fully saturated rings. The molecule has 3 amide bonds. The van der Waals surface area contributed by atoms with Crippen molar-refractivity contribution in [3.8, 4) is 0 Å². The standard InChI is InChI=1S/C18H17ClF3N5O2/c19-8-1-4-14(25-7-8)15(28)26-9-2-3-12(20)10(5-9)18(16(21)22,27-17(24)29)11-6-13(11)23/h1-5,7,11,13,16H,6,23H2,(H,26,28)(H3,24,27,29)/t11-,13+,18+/m0/s1. The Kier molecular flexibility index (Phi) is 5.67. The fourth-order valence-corrected chi connectivity index (χ4v) is 3.37. The Hall–Kier alpha value is -2.85. The molecular formula is C18H17ClF3N5O2. The van der Waals surface area contributed by atoms with Gasteiger partial charge >= 0.3 is 6.03 Å². The Labute approximate surface area is 168 Å². The number of carbonyl (C=O) groups is 2. The lowest BCUT2D eigenvalue weighted by molar-refractivity contribution is 0.0171. The van der Waals surface area contributed by atoms with Gasteiger partial charge in [-0.2, -0.15) is 0 Å². The molecule has 0 saturated heterocycles. The fraction of sp³-hybridized carbons (Fsp3) is 0.278. The molecule has 1 aromatic heterocycles. The monoisotopic (exact) mass is 427 g/mol. The number of anilines is 1. The number of rotatable bonds is 6. The highest BCUT2D eigenvalue weighted by atomic mass is 35.5.